The molecule has 3 aliphatic rings. The first kappa shape index (κ1) is 10.1. The Bertz CT molecular complexity index is 291. The van der Waals surface area contributed by atoms with Crippen LogP contribution in [0.2, 0.25) is 0 Å². The minimum absolute atomic E-state index is 0.128. The number of carbonyl (C=O) groups is 1. The third-order valence-electron chi connectivity index (χ3n) is 4.70. The summed E-state index contributed by atoms with van der Waals surface area (Å²) in [6, 6.07) is 0. The molecule has 3 saturated carbocycles. The largest absolute Gasteiger partial charge is 0.461 e. The van der Waals surface area contributed by atoms with Crippen LogP contribution in [0, 0.1) is 23.7 Å². The van der Waals surface area contributed by atoms with Crippen molar-refractivity contribution in [3.8, 4) is 0 Å². The minimum atomic E-state index is -0.128. The van der Waals surface area contributed by atoms with Gasteiger partial charge in [-0.3, -0.25) is 4.79 Å². The van der Waals surface area contributed by atoms with Gasteiger partial charge in [0.15, 0.2) is 0 Å². The van der Waals surface area contributed by atoms with Crippen LogP contribution in [0.4, 0.5) is 0 Å². The fourth-order valence-corrected chi connectivity index (χ4v) is 5.42. The molecule has 0 unspecified atom stereocenters. The van der Waals surface area contributed by atoms with E-state index in [1.165, 1.54) is 26.2 Å². The Morgan fingerprint density at radius 3 is 2.67 bits per heavy atom. The summed E-state index contributed by atoms with van der Waals surface area (Å²) in [5.74, 6) is 3.33. The highest BCUT2D eigenvalue weighted by Gasteiger charge is 2.56. The van der Waals surface area contributed by atoms with Crippen LogP contribution in [-0.4, -0.2) is 16.9 Å². The van der Waals surface area contributed by atoms with Crippen LogP contribution >= 0.6 is 15.9 Å². The lowest BCUT2D eigenvalue weighted by Crippen LogP contribution is -2.27. The van der Waals surface area contributed by atoms with E-state index in [-0.39, 0.29) is 12.1 Å². The highest BCUT2D eigenvalue weighted by molar-refractivity contribution is 9.09. The minimum Gasteiger partial charge on any atom is -0.461 e. The van der Waals surface area contributed by atoms with Gasteiger partial charge in [0, 0.05) is 6.92 Å². The van der Waals surface area contributed by atoms with E-state index >= 15 is 0 Å². The predicted octanol–water partition coefficient (Wildman–Crippen LogP) is 2.75. The maximum Gasteiger partial charge on any atom is 0.302 e. The highest BCUT2D eigenvalue weighted by atomic mass is 79.9. The van der Waals surface area contributed by atoms with E-state index in [0.717, 1.165) is 30.1 Å². The van der Waals surface area contributed by atoms with E-state index in [1.807, 2.05) is 0 Å². The molecule has 0 aliphatic heterocycles. The predicted molar refractivity (Wildman–Crippen MR) is 60.7 cm³/mol. The van der Waals surface area contributed by atoms with Crippen LogP contribution in [0.5, 0.6) is 0 Å². The number of fused-ring (bicyclic) bond motifs is 5. The summed E-state index contributed by atoms with van der Waals surface area (Å²) in [5.41, 5.74) is 0. The van der Waals surface area contributed by atoms with Gasteiger partial charge in [0.1, 0.15) is 6.10 Å². The Hall–Kier alpha value is -0.0500. The van der Waals surface area contributed by atoms with E-state index < -0.39 is 0 Å². The fourth-order valence-electron chi connectivity index (χ4n) is 4.27. The van der Waals surface area contributed by atoms with Crippen LogP contribution in [0.15, 0.2) is 0 Å². The molecular weight excluding hydrogens is 256 g/mol. The zero-order chi connectivity index (χ0) is 10.6. The topological polar surface area (TPSA) is 26.3 Å². The summed E-state index contributed by atoms with van der Waals surface area (Å²) in [6.07, 6.45) is 5.49. The molecular formula is C12H17BrO2. The molecule has 6 atom stereocenters. The molecule has 0 heterocycles. The summed E-state index contributed by atoms with van der Waals surface area (Å²) < 4.78 is 5.40. The van der Waals surface area contributed by atoms with E-state index in [4.69, 9.17) is 4.74 Å². The van der Waals surface area contributed by atoms with Crippen LogP contribution in [0.3, 0.4) is 0 Å². The maximum atomic E-state index is 11.0. The highest BCUT2D eigenvalue weighted by Crippen LogP contribution is 2.60. The van der Waals surface area contributed by atoms with Gasteiger partial charge in [-0.25, -0.2) is 0 Å². The Morgan fingerprint density at radius 1 is 1.27 bits per heavy atom. The second-order valence-corrected chi connectivity index (χ2v) is 6.46. The van der Waals surface area contributed by atoms with Gasteiger partial charge in [0.25, 0.3) is 0 Å². The van der Waals surface area contributed by atoms with Crippen molar-refractivity contribution in [1.29, 1.82) is 0 Å². The molecule has 3 rings (SSSR count). The van der Waals surface area contributed by atoms with Gasteiger partial charge >= 0.3 is 5.97 Å². The molecule has 3 heteroatoms. The molecule has 0 aromatic heterocycles. The van der Waals surface area contributed by atoms with Crippen molar-refractivity contribution in [2.45, 2.75) is 43.5 Å². The zero-order valence-corrected chi connectivity index (χ0v) is 10.6. The Balaban J connectivity index is 1.75. The normalized spacial score (nSPS) is 51.9. The average Bonchev–Trinajstić information content (AvgIpc) is 2.79. The Labute approximate surface area is 98.9 Å². The van der Waals surface area contributed by atoms with Crippen LogP contribution in [0.25, 0.3) is 0 Å². The molecule has 0 N–H and O–H groups in total. The van der Waals surface area contributed by atoms with Crippen molar-refractivity contribution in [3.63, 3.8) is 0 Å². The SMILES string of the molecule is CC(=O)O[C@@H]1C[C@H]2[C@@H]3CC[C@@H](C3)[C@@H]2[C@@H]1Br. The number of halogens is 1. The molecule has 0 spiro atoms. The van der Waals surface area contributed by atoms with Crippen molar-refractivity contribution in [2.75, 3.05) is 0 Å². The van der Waals surface area contributed by atoms with E-state index in [2.05, 4.69) is 15.9 Å². The van der Waals surface area contributed by atoms with Gasteiger partial charge in [0.05, 0.1) is 4.83 Å². The smallest absolute Gasteiger partial charge is 0.302 e. The summed E-state index contributed by atoms with van der Waals surface area (Å²) in [5, 5.41) is 0. The van der Waals surface area contributed by atoms with Crippen molar-refractivity contribution < 1.29 is 9.53 Å². The number of rotatable bonds is 1. The van der Waals surface area contributed by atoms with Gasteiger partial charge in [-0.15, -0.1) is 0 Å². The van der Waals surface area contributed by atoms with Gasteiger partial charge in [-0.1, -0.05) is 15.9 Å². The monoisotopic (exact) mass is 272 g/mol. The third-order valence-corrected chi connectivity index (χ3v) is 5.90. The molecule has 84 valence electrons. The first-order chi connectivity index (χ1) is 7.16. The van der Waals surface area contributed by atoms with Crippen LogP contribution in [0.1, 0.15) is 32.6 Å². The maximum absolute atomic E-state index is 11.0. The molecule has 0 aromatic rings. The number of esters is 1. The van der Waals surface area contributed by atoms with Crippen LogP contribution in [-0.2, 0) is 9.53 Å². The zero-order valence-electron chi connectivity index (χ0n) is 8.99. The molecule has 0 saturated heterocycles. The number of carbonyl (C=O) groups excluding carboxylic acids is 1. The first-order valence-electron chi connectivity index (χ1n) is 5.98. The van der Waals surface area contributed by atoms with Gasteiger partial charge < -0.3 is 4.74 Å². The molecule has 0 aromatic carbocycles. The molecule has 15 heavy (non-hydrogen) atoms. The molecule has 2 bridgehead atoms. The van der Waals surface area contributed by atoms with Gasteiger partial charge in [-0.05, 0) is 49.4 Å². The Morgan fingerprint density at radius 2 is 2.00 bits per heavy atom. The van der Waals surface area contributed by atoms with Crippen molar-refractivity contribution in [2.24, 2.45) is 23.7 Å². The summed E-state index contributed by atoms with van der Waals surface area (Å²) in [7, 11) is 0. The van der Waals surface area contributed by atoms with Crippen molar-refractivity contribution >= 4 is 21.9 Å². The lowest BCUT2D eigenvalue weighted by atomic mass is 9.82. The third kappa shape index (κ3) is 1.46. The standard InChI is InChI=1S/C12H17BrO2/c1-6(14)15-10-5-9-7-2-3-8(4-7)11(9)12(10)13/h7-12H,2-5H2,1H3/t7-,8+,9+,10-,11+,12-/m1/s1. The number of hydrogen-bond donors (Lipinski definition) is 0. The Kier molecular flexibility index (Phi) is 2.35. The second-order valence-electron chi connectivity index (χ2n) is 5.40. The number of ether oxygens (including phenoxy) is 1. The van der Waals surface area contributed by atoms with E-state index in [9.17, 15) is 4.79 Å². The lowest BCUT2D eigenvalue weighted by molar-refractivity contribution is -0.145. The molecule has 0 amide bonds. The van der Waals surface area contributed by atoms with E-state index in [0.29, 0.717) is 4.83 Å². The van der Waals surface area contributed by atoms with E-state index in [1.54, 1.807) is 0 Å². The molecule has 3 aliphatic carbocycles. The lowest BCUT2D eigenvalue weighted by Gasteiger charge is -2.26. The fraction of sp³-hybridized carbons (Fsp3) is 0.917. The van der Waals surface area contributed by atoms with Crippen molar-refractivity contribution in [3.05, 3.63) is 0 Å². The summed E-state index contributed by atoms with van der Waals surface area (Å²) in [6.45, 7) is 1.52. The molecule has 3 fully saturated rings. The summed E-state index contributed by atoms with van der Waals surface area (Å²) in [4.78, 5) is 11.4. The van der Waals surface area contributed by atoms with Gasteiger partial charge in [0.2, 0.25) is 0 Å². The van der Waals surface area contributed by atoms with Crippen LogP contribution < -0.4 is 0 Å². The quantitative estimate of drug-likeness (QED) is 0.542. The van der Waals surface area contributed by atoms with Gasteiger partial charge in [-0.2, -0.15) is 0 Å². The average molecular weight is 273 g/mol. The molecule has 2 nitrogen and oxygen atoms in total. The second kappa shape index (κ2) is 3.47. The number of alkyl halides is 1. The molecule has 0 radical (unpaired) electrons. The summed E-state index contributed by atoms with van der Waals surface area (Å²) >= 11 is 3.76. The van der Waals surface area contributed by atoms with Crippen molar-refractivity contribution in [1.82, 2.24) is 0 Å². The first-order valence-corrected chi connectivity index (χ1v) is 6.89. The number of hydrogen-bond acceptors (Lipinski definition) is 2.